The van der Waals surface area contributed by atoms with E-state index in [4.69, 9.17) is 9.15 Å². The fourth-order valence-corrected chi connectivity index (χ4v) is 4.34. The number of amides is 1. The third-order valence-corrected chi connectivity index (χ3v) is 5.86. The molecule has 2 aromatic carbocycles. The second-order valence-electron chi connectivity index (χ2n) is 7.43. The molecule has 2 heterocycles. The molecule has 0 saturated heterocycles. The summed E-state index contributed by atoms with van der Waals surface area (Å²) >= 11 is 3.45. The molecule has 29 heavy (non-hydrogen) atoms. The zero-order valence-corrected chi connectivity index (χ0v) is 18.2. The van der Waals surface area contributed by atoms with Crippen molar-refractivity contribution >= 4 is 32.8 Å². The lowest BCUT2D eigenvalue weighted by Gasteiger charge is -2.25. The maximum atomic E-state index is 13.5. The number of carbonyl (C=O) groups excluding carboxylic acids is 1. The molecule has 6 heteroatoms. The van der Waals surface area contributed by atoms with E-state index in [0.717, 1.165) is 21.2 Å². The summed E-state index contributed by atoms with van der Waals surface area (Å²) in [7, 11) is 1.63. The van der Waals surface area contributed by atoms with Gasteiger partial charge in [0.15, 0.2) is 5.43 Å². The van der Waals surface area contributed by atoms with E-state index >= 15 is 0 Å². The van der Waals surface area contributed by atoms with Crippen LogP contribution in [0.5, 0.6) is 0 Å². The summed E-state index contributed by atoms with van der Waals surface area (Å²) in [5, 5.41) is 0.523. The minimum atomic E-state index is -0.469. The third-order valence-electron chi connectivity index (χ3n) is 5.33. The first-order valence-corrected chi connectivity index (χ1v) is 10.3. The van der Waals surface area contributed by atoms with Gasteiger partial charge in [0, 0.05) is 24.7 Å². The Morgan fingerprint density at radius 1 is 1.14 bits per heavy atom. The van der Waals surface area contributed by atoms with Crippen LogP contribution in [0.15, 0.2) is 50.1 Å². The molecule has 0 aliphatic carbocycles. The SMILES string of the molecule is COCCCN1C(=O)c2oc3c(C)cc(C)cc3c(=O)c2C1c1ccc(Br)cc1. The van der Waals surface area contributed by atoms with E-state index in [1.807, 2.05) is 50.2 Å². The van der Waals surface area contributed by atoms with Gasteiger partial charge in [0.05, 0.1) is 17.0 Å². The number of hydrogen-bond acceptors (Lipinski definition) is 4. The van der Waals surface area contributed by atoms with Crippen molar-refractivity contribution in [1.82, 2.24) is 4.90 Å². The molecule has 150 valence electrons. The Balaban J connectivity index is 1.95. The van der Waals surface area contributed by atoms with Crippen LogP contribution < -0.4 is 5.43 Å². The van der Waals surface area contributed by atoms with Gasteiger partial charge in [-0.25, -0.2) is 0 Å². The fraction of sp³-hybridized carbons (Fsp3) is 0.304. The van der Waals surface area contributed by atoms with E-state index in [-0.39, 0.29) is 17.1 Å². The van der Waals surface area contributed by atoms with Crippen LogP contribution in [-0.4, -0.2) is 31.1 Å². The van der Waals surface area contributed by atoms with Crippen molar-refractivity contribution < 1.29 is 13.9 Å². The molecule has 3 aromatic rings. The highest BCUT2D eigenvalue weighted by Gasteiger charge is 2.42. The average molecular weight is 456 g/mol. The molecule has 1 unspecified atom stereocenters. The highest BCUT2D eigenvalue weighted by molar-refractivity contribution is 9.10. The van der Waals surface area contributed by atoms with Gasteiger partial charge in [-0.15, -0.1) is 0 Å². The topological polar surface area (TPSA) is 59.8 Å². The first-order valence-electron chi connectivity index (χ1n) is 9.55. The third kappa shape index (κ3) is 3.40. The molecular formula is C23H22BrNO4. The largest absolute Gasteiger partial charge is 0.450 e. The molecule has 0 fully saturated rings. The van der Waals surface area contributed by atoms with Crippen molar-refractivity contribution in [3.05, 3.63) is 79.1 Å². The minimum Gasteiger partial charge on any atom is -0.450 e. The Kier molecular flexibility index (Phi) is 5.32. The summed E-state index contributed by atoms with van der Waals surface area (Å²) in [4.78, 5) is 28.5. The molecule has 1 atom stereocenters. The Hall–Kier alpha value is -2.44. The highest BCUT2D eigenvalue weighted by atomic mass is 79.9. The molecule has 0 saturated carbocycles. The number of ether oxygens (including phenoxy) is 1. The van der Waals surface area contributed by atoms with Crippen LogP contribution in [0.2, 0.25) is 0 Å². The first-order chi connectivity index (χ1) is 13.9. The van der Waals surface area contributed by atoms with Crippen LogP contribution in [0.25, 0.3) is 11.0 Å². The normalized spacial score (nSPS) is 15.9. The summed E-state index contributed by atoms with van der Waals surface area (Å²) in [6, 6.07) is 11.0. The minimum absolute atomic E-state index is 0.136. The van der Waals surface area contributed by atoms with Gasteiger partial charge in [-0.05, 0) is 55.2 Å². The number of nitrogens with zero attached hydrogens (tertiary/aromatic N) is 1. The maximum absolute atomic E-state index is 13.5. The van der Waals surface area contributed by atoms with Crippen LogP contribution in [0, 0.1) is 13.8 Å². The van der Waals surface area contributed by atoms with Crippen molar-refractivity contribution in [2.45, 2.75) is 26.3 Å². The second kappa shape index (κ2) is 7.76. The molecule has 4 rings (SSSR count). The monoisotopic (exact) mass is 455 g/mol. The van der Waals surface area contributed by atoms with Crippen molar-refractivity contribution in [3.8, 4) is 0 Å². The molecule has 0 radical (unpaired) electrons. The number of rotatable bonds is 5. The van der Waals surface area contributed by atoms with Gasteiger partial charge in [-0.1, -0.05) is 34.1 Å². The van der Waals surface area contributed by atoms with Crippen LogP contribution in [-0.2, 0) is 4.74 Å². The van der Waals surface area contributed by atoms with Gasteiger partial charge < -0.3 is 14.1 Å². The van der Waals surface area contributed by atoms with E-state index in [1.54, 1.807) is 12.0 Å². The predicted molar refractivity (Wildman–Crippen MR) is 115 cm³/mol. The van der Waals surface area contributed by atoms with Gasteiger partial charge in [0.25, 0.3) is 5.91 Å². The van der Waals surface area contributed by atoms with Crippen LogP contribution in [0.3, 0.4) is 0 Å². The maximum Gasteiger partial charge on any atom is 0.290 e. The summed E-state index contributed by atoms with van der Waals surface area (Å²) in [5.74, 6) is -0.0946. The lowest BCUT2D eigenvalue weighted by atomic mass is 9.97. The van der Waals surface area contributed by atoms with Gasteiger partial charge >= 0.3 is 0 Å². The Morgan fingerprint density at radius 3 is 2.55 bits per heavy atom. The lowest BCUT2D eigenvalue weighted by Crippen LogP contribution is -2.31. The molecule has 5 nitrogen and oxygen atoms in total. The summed E-state index contributed by atoms with van der Waals surface area (Å²) in [6.07, 6.45) is 0.676. The number of methoxy groups -OCH3 is 1. The molecule has 1 aliphatic heterocycles. The van der Waals surface area contributed by atoms with Crippen LogP contribution in [0.1, 0.15) is 45.3 Å². The number of benzene rings is 2. The smallest absolute Gasteiger partial charge is 0.290 e. The van der Waals surface area contributed by atoms with E-state index in [2.05, 4.69) is 15.9 Å². The Morgan fingerprint density at radius 2 is 1.86 bits per heavy atom. The Bertz CT molecular complexity index is 1150. The van der Waals surface area contributed by atoms with Crippen LogP contribution in [0.4, 0.5) is 0 Å². The van der Waals surface area contributed by atoms with Gasteiger partial charge in [-0.2, -0.15) is 0 Å². The van der Waals surface area contributed by atoms with E-state index in [9.17, 15) is 9.59 Å². The summed E-state index contributed by atoms with van der Waals surface area (Å²) in [5.41, 5.74) is 3.50. The molecule has 1 aliphatic rings. The number of carbonyl (C=O) groups is 1. The molecule has 0 spiro atoms. The molecule has 0 bridgehead atoms. The van der Waals surface area contributed by atoms with E-state index < -0.39 is 6.04 Å². The van der Waals surface area contributed by atoms with E-state index in [0.29, 0.717) is 36.1 Å². The number of fused-ring (bicyclic) bond motifs is 2. The Labute approximate surface area is 177 Å². The zero-order chi connectivity index (χ0) is 20.7. The standard InChI is InChI=1S/C23H22BrNO4/c1-13-11-14(2)21-17(12-13)20(26)18-19(15-5-7-16(24)8-6-15)25(9-4-10-28-3)23(27)22(18)29-21/h5-8,11-12,19H,4,9-10H2,1-3H3. The molecular weight excluding hydrogens is 434 g/mol. The summed E-state index contributed by atoms with van der Waals surface area (Å²) in [6.45, 7) is 4.86. The molecule has 0 N–H and O–H groups in total. The zero-order valence-electron chi connectivity index (χ0n) is 16.6. The second-order valence-corrected chi connectivity index (χ2v) is 8.35. The van der Waals surface area contributed by atoms with Gasteiger partial charge in [-0.3, -0.25) is 9.59 Å². The highest BCUT2D eigenvalue weighted by Crippen LogP contribution is 2.39. The first kappa shape index (κ1) is 19.9. The van der Waals surface area contributed by atoms with E-state index in [1.165, 1.54) is 0 Å². The average Bonchev–Trinajstić information content (AvgIpc) is 2.96. The molecule has 1 amide bonds. The van der Waals surface area contributed by atoms with Gasteiger partial charge in [0.1, 0.15) is 5.58 Å². The van der Waals surface area contributed by atoms with Gasteiger partial charge in [0.2, 0.25) is 5.76 Å². The number of aryl methyl sites for hydroxylation is 2. The summed E-state index contributed by atoms with van der Waals surface area (Å²) < 4.78 is 12.2. The predicted octanol–water partition coefficient (Wildman–Crippen LogP) is 4.75. The van der Waals surface area contributed by atoms with Crippen molar-refractivity contribution in [2.75, 3.05) is 20.3 Å². The fourth-order valence-electron chi connectivity index (χ4n) is 4.08. The molecule has 1 aromatic heterocycles. The number of hydrogen-bond donors (Lipinski definition) is 0. The van der Waals surface area contributed by atoms with Crippen LogP contribution >= 0.6 is 15.9 Å². The quantitative estimate of drug-likeness (QED) is 0.520. The number of halogens is 1. The van der Waals surface area contributed by atoms with Crippen molar-refractivity contribution in [3.63, 3.8) is 0 Å². The van der Waals surface area contributed by atoms with Crippen molar-refractivity contribution in [2.24, 2.45) is 0 Å². The van der Waals surface area contributed by atoms with Crippen molar-refractivity contribution in [1.29, 1.82) is 0 Å². The lowest BCUT2D eigenvalue weighted by molar-refractivity contribution is 0.0708.